The van der Waals surface area contributed by atoms with E-state index < -0.39 is 0 Å². The SMILES string of the molecule is COCCN1C(=O)c2[nH]nc(-c3cc(C)cc(C)c3O)c2C1c1ccc(C(C)(C)C)cc1. The summed E-state index contributed by atoms with van der Waals surface area (Å²) in [5.74, 6) is 0.0825. The van der Waals surface area contributed by atoms with Gasteiger partial charge in [0.2, 0.25) is 0 Å². The molecule has 0 radical (unpaired) electrons. The number of benzene rings is 2. The van der Waals surface area contributed by atoms with Crippen molar-refractivity contribution in [2.24, 2.45) is 0 Å². The number of H-pyrrole nitrogens is 1. The number of hydrogen-bond acceptors (Lipinski definition) is 4. The van der Waals surface area contributed by atoms with Crippen LogP contribution < -0.4 is 0 Å². The molecule has 0 aliphatic carbocycles. The van der Waals surface area contributed by atoms with Gasteiger partial charge in [0.15, 0.2) is 0 Å². The highest BCUT2D eigenvalue weighted by Crippen LogP contribution is 2.45. The van der Waals surface area contributed by atoms with Crippen LogP contribution in [-0.2, 0) is 10.2 Å². The van der Waals surface area contributed by atoms with E-state index in [1.54, 1.807) is 7.11 Å². The zero-order valence-corrected chi connectivity index (χ0v) is 19.6. The van der Waals surface area contributed by atoms with Crippen LogP contribution in [0.1, 0.15) is 65.1 Å². The number of carbonyl (C=O) groups is 1. The number of nitrogens with one attached hydrogen (secondary N) is 1. The first-order chi connectivity index (χ1) is 15.1. The smallest absolute Gasteiger partial charge is 0.273 e. The van der Waals surface area contributed by atoms with E-state index >= 15 is 0 Å². The molecule has 0 saturated heterocycles. The molecule has 6 nitrogen and oxygen atoms in total. The minimum Gasteiger partial charge on any atom is -0.507 e. The predicted molar refractivity (Wildman–Crippen MR) is 125 cm³/mol. The number of nitrogens with zero attached hydrogens (tertiary/aromatic N) is 2. The number of hydrogen-bond donors (Lipinski definition) is 2. The first kappa shape index (κ1) is 22.1. The maximum Gasteiger partial charge on any atom is 0.273 e. The molecule has 4 rings (SSSR count). The van der Waals surface area contributed by atoms with Crippen LogP contribution in [0.2, 0.25) is 0 Å². The molecule has 1 unspecified atom stereocenters. The molecular weight excluding hydrogens is 402 g/mol. The summed E-state index contributed by atoms with van der Waals surface area (Å²) in [5.41, 5.74) is 6.61. The molecule has 1 aliphatic heterocycles. The van der Waals surface area contributed by atoms with Gasteiger partial charge in [-0.3, -0.25) is 9.89 Å². The lowest BCUT2D eigenvalue weighted by molar-refractivity contribution is 0.0677. The van der Waals surface area contributed by atoms with E-state index in [1.807, 2.05) is 30.9 Å². The quantitative estimate of drug-likeness (QED) is 0.601. The summed E-state index contributed by atoms with van der Waals surface area (Å²) in [6.45, 7) is 11.3. The first-order valence-corrected chi connectivity index (χ1v) is 10.9. The molecule has 0 bridgehead atoms. The standard InChI is InChI=1S/C26H31N3O3/c1-15-13-16(2)24(30)19(14-15)21-20-22(28-27-21)25(31)29(11-12-32-6)23(20)17-7-9-18(10-8-17)26(3,4)5/h7-10,13-14,23,30H,11-12H2,1-6H3,(H,27,28). The molecule has 0 spiro atoms. The van der Waals surface area contributed by atoms with E-state index in [0.717, 1.165) is 22.3 Å². The highest BCUT2D eigenvalue weighted by molar-refractivity contribution is 6.00. The molecule has 2 heterocycles. The second kappa shape index (κ2) is 8.10. The molecule has 32 heavy (non-hydrogen) atoms. The number of rotatable bonds is 5. The number of phenols is 1. The van der Waals surface area contributed by atoms with Crippen molar-refractivity contribution in [3.63, 3.8) is 0 Å². The van der Waals surface area contributed by atoms with Crippen LogP contribution in [0.15, 0.2) is 36.4 Å². The normalized spacial score (nSPS) is 16.0. The zero-order valence-electron chi connectivity index (χ0n) is 19.6. The fourth-order valence-corrected chi connectivity index (χ4v) is 4.47. The van der Waals surface area contributed by atoms with Crippen molar-refractivity contribution in [2.75, 3.05) is 20.3 Å². The molecule has 0 saturated carbocycles. The van der Waals surface area contributed by atoms with Crippen LogP contribution in [0.3, 0.4) is 0 Å². The van der Waals surface area contributed by atoms with Crippen molar-refractivity contribution in [3.05, 3.63) is 69.9 Å². The van der Waals surface area contributed by atoms with E-state index in [4.69, 9.17) is 4.74 Å². The lowest BCUT2D eigenvalue weighted by Crippen LogP contribution is -2.32. The monoisotopic (exact) mass is 433 g/mol. The van der Waals surface area contributed by atoms with Gasteiger partial charge in [-0.15, -0.1) is 0 Å². The van der Waals surface area contributed by atoms with E-state index in [1.165, 1.54) is 5.56 Å². The van der Waals surface area contributed by atoms with Gasteiger partial charge in [-0.1, -0.05) is 51.1 Å². The highest BCUT2D eigenvalue weighted by Gasteiger charge is 2.42. The Kier molecular flexibility index (Phi) is 5.59. The fourth-order valence-electron chi connectivity index (χ4n) is 4.47. The molecule has 1 aromatic heterocycles. The summed E-state index contributed by atoms with van der Waals surface area (Å²) in [7, 11) is 1.63. The Morgan fingerprint density at radius 1 is 1.16 bits per heavy atom. The minimum atomic E-state index is -0.310. The number of aromatic nitrogens is 2. The summed E-state index contributed by atoms with van der Waals surface area (Å²) in [4.78, 5) is 15.1. The average molecular weight is 434 g/mol. The van der Waals surface area contributed by atoms with Crippen LogP contribution in [0.4, 0.5) is 0 Å². The summed E-state index contributed by atoms with van der Waals surface area (Å²) in [5, 5.41) is 18.2. The summed E-state index contributed by atoms with van der Waals surface area (Å²) in [6.07, 6.45) is 0. The van der Waals surface area contributed by atoms with E-state index in [-0.39, 0.29) is 23.1 Å². The summed E-state index contributed by atoms with van der Waals surface area (Å²) >= 11 is 0. The van der Waals surface area contributed by atoms with E-state index in [0.29, 0.717) is 30.1 Å². The maximum absolute atomic E-state index is 13.3. The van der Waals surface area contributed by atoms with Crippen LogP contribution in [-0.4, -0.2) is 46.4 Å². The van der Waals surface area contributed by atoms with Crippen LogP contribution in [0.25, 0.3) is 11.3 Å². The van der Waals surface area contributed by atoms with Gasteiger partial charge in [0.25, 0.3) is 5.91 Å². The van der Waals surface area contributed by atoms with Crippen molar-refractivity contribution >= 4 is 5.91 Å². The second-order valence-electron chi connectivity index (χ2n) is 9.60. The number of amides is 1. The van der Waals surface area contributed by atoms with Crippen molar-refractivity contribution in [3.8, 4) is 17.0 Å². The Hall–Kier alpha value is -3.12. The topological polar surface area (TPSA) is 78.5 Å². The van der Waals surface area contributed by atoms with Gasteiger partial charge < -0.3 is 14.7 Å². The van der Waals surface area contributed by atoms with Crippen molar-refractivity contribution < 1.29 is 14.6 Å². The predicted octanol–water partition coefficient (Wildman–Crippen LogP) is 4.89. The van der Waals surface area contributed by atoms with Crippen LogP contribution in [0, 0.1) is 13.8 Å². The van der Waals surface area contributed by atoms with E-state index in [9.17, 15) is 9.90 Å². The van der Waals surface area contributed by atoms with Gasteiger partial charge in [0.1, 0.15) is 17.1 Å². The largest absolute Gasteiger partial charge is 0.507 e. The summed E-state index contributed by atoms with van der Waals surface area (Å²) < 4.78 is 5.28. The molecule has 0 fully saturated rings. The third-order valence-electron chi connectivity index (χ3n) is 6.19. The molecule has 2 aromatic carbocycles. The molecular formula is C26H31N3O3. The van der Waals surface area contributed by atoms with Crippen molar-refractivity contribution in [1.29, 1.82) is 0 Å². The lowest BCUT2D eigenvalue weighted by Gasteiger charge is -2.27. The first-order valence-electron chi connectivity index (χ1n) is 10.9. The van der Waals surface area contributed by atoms with Gasteiger partial charge in [-0.05, 0) is 47.6 Å². The zero-order chi connectivity index (χ0) is 23.2. The Balaban J connectivity index is 1.88. The molecule has 168 valence electrons. The Labute approximate surface area is 189 Å². The van der Waals surface area contributed by atoms with Crippen molar-refractivity contribution in [1.82, 2.24) is 15.1 Å². The van der Waals surface area contributed by atoms with Crippen LogP contribution >= 0.6 is 0 Å². The number of aromatic amines is 1. The second-order valence-corrected chi connectivity index (χ2v) is 9.60. The highest BCUT2D eigenvalue weighted by atomic mass is 16.5. The molecule has 1 amide bonds. The Morgan fingerprint density at radius 2 is 1.84 bits per heavy atom. The third kappa shape index (κ3) is 3.69. The van der Waals surface area contributed by atoms with Gasteiger partial charge >= 0.3 is 0 Å². The van der Waals surface area contributed by atoms with Gasteiger partial charge in [-0.2, -0.15) is 5.10 Å². The average Bonchev–Trinajstić information content (AvgIpc) is 3.27. The summed E-state index contributed by atoms with van der Waals surface area (Å²) in [6, 6.07) is 12.0. The van der Waals surface area contributed by atoms with E-state index in [2.05, 4.69) is 55.2 Å². The number of ether oxygens (including phenoxy) is 1. The molecule has 1 aliphatic rings. The number of aryl methyl sites for hydroxylation is 2. The molecule has 6 heteroatoms. The lowest BCUT2D eigenvalue weighted by atomic mass is 9.85. The Bertz CT molecular complexity index is 1160. The Morgan fingerprint density at radius 3 is 2.47 bits per heavy atom. The number of carbonyl (C=O) groups excluding carboxylic acids is 1. The van der Waals surface area contributed by atoms with Crippen molar-refractivity contribution in [2.45, 2.75) is 46.1 Å². The van der Waals surface area contributed by atoms with Gasteiger partial charge in [0, 0.05) is 24.8 Å². The fraction of sp³-hybridized carbons (Fsp3) is 0.385. The number of fused-ring (bicyclic) bond motifs is 1. The minimum absolute atomic E-state index is 0.0383. The maximum atomic E-state index is 13.3. The molecule has 1 atom stereocenters. The van der Waals surface area contributed by atoms with Gasteiger partial charge in [-0.25, -0.2) is 0 Å². The molecule has 2 N–H and O–H groups in total. The number of methoxy groups -OCH3 is 1. The van der Waals surface area contributed by atoms with Gasteiger partial charge in [0.05, 0.1) is 12.6 Å². The molecule has 3 aromatic rings. The van der Waals surface area contributed by atoms with Crippen LogP contribution in [0.5, 0.6) is 5.75 Å². The number of phenolic OH excluding ortho intramolecular Hbond substituents is 1. The third-order valence-corrected chi connectivity index (χ3v) is 6.19. The number of aromatic hydroxyl groups is 1.